The van der Waals surface area contributed by atoms with E-state index in [-0.39, 0.29) is 17.6 Å². The topological polar surface area (TPSA) is 55.2 Å². The third-order valence-corrected chi connectivity index (χ3v) is 5.93. The van der Waals surface area contributed by atoms with Crippen molar-refractivity contribution >= 4 is 11.7 Å². The van der Waals surface area contributed by atoms with Gasteiger partial charge < -0.3 is 9.47 Å². The van der Waals surface area contributed by atoms with E-state index in [1.807, 2.05) is 65.9 Å². The Kier molecular flexibility index (Phi) is 5.79. The number of carbonyl (C=O) groups excluding carboxylic acids is 2. The number of benzene rings is 2. The number of piperidine rings is 1. The summed E-state index contributed by atoms with van der Waals surface area (Å²) >= 11 is 0. The Morgan fingerprint density at radius 2 is 1.77 bits per heavy atom. The molecule has 30 heavy (non-hydrogen) atoms. The highest BCUT2D eigenvalue weighted by Gasteiger charge is 2.29. The van der Waals surface area contributed by atoms with E-state index in [0.29, 0.717) is 18.7 Å². The van der Waals surface area contributed by atoms with Gasteiger partial charge in [0.25, 0.3) is 5.91 Å². The van der Waals surface area contributed by atoms with Crippen molar-refractivity contribution < 1.29 is 9.59 Å². The normalized spacial score (nSPS) is 14.7. The summed E-state index contributed by atoms with van der Waals surface area (Å²) in [4.78, 5) is 31.7. The number of hydrogen-bond donors (Lipinski definition) is 0. The molecule has 1 amide bonds. The van der Waals surface area contributed by atoms with Crippen LogP contribution in [0.1, 0.15) is 50.2 Å². The van der Waals surface area contributed by atoms with Gasteiger partial charge in [0.15, 0.2) is 5.78 Å². The van der Waals surface area contributed by atoms with Crippen LogP contribution < -0.4 is 0 Å². The van der Waals surface area contributed by atoms with Crippen molar-refractivity contribution in [2.75, 3.05) is 13.1 Å². The maximum absolute atomic E-state index is 12.9. The minimum absolute atomic E-state index is 0.00647. The third-order valence-electron chi connectivity index (χ3n) is 5.93. The summed E-state index contributed by atoms with van der Waals surface area (Å²) in [5.74, 6) is 0.248. The predicted octanol–water partition coefficient (Wildman–Crippen LogP) is 4.28. The van der Waals surface area contributed by atoms with Crippen molar-refractivity contribution in [2.45, 2.75) is 33.2 Å². The molecule has 0 saturated carbocycles. The quantitative estimate of drug-likeness (QED) is 0.600. The summed E-state index contributed by atoms with van der Waals surface area (Å²) in [5.41, 5.74) is 4.85. The van der Waals surface area contributed by atoms with E-state index in [1.54, 1.807) is 12.5 Å². The number of ketones is 1. The number of rotatable bonds is 5. The zero-order valence-corrected chi connectivity index (χ0v) is 17.5. The Morgan fingerprint density at radius 3 is 2.40 bits per heavy atom. The molecule has 0 radical (unpaired) electrons. The van der Waals surface area contributed by atoms with Crippen LogP contribution in [-0.4, -0.2) is 39.2 Å². The molecule has 1 fully saturated rings. The second kappa shape index (κ2) is 8.66. The van der Waals surface area contributed by atoms with E-state index < -0.39 is 0 Å². The summed E-state index contributed by atoms with van der Waals surface area (Å²) in [6.45, 7) is 6.01. The van der Waals surface area contributed by atoms with E-state index in [2.05, 4.69) is 11.1 Å². The van der Waals surface area contributed by atoms with E-state index in [9.17, 15) is 9.59 Å². The minimum Gasteiger partial charge on any atom is -0.339 e. The molecular formula is C25H27N3O2. The molecule has 1 aliphatic rings. The zero-order chi connectivity index (χ0) is 21.1. The fraction of sp³-hybridized carbons (Fsp3) is 0.320. The number of likely N-dealkylation sites (tertiary alicyclic amines) is 1. The Balaban J connectivity index is 1.35. The molecule has 2 aromatic carbocycles. The largest absolute Gasteiger partial charge is 0.339 e. The van der Waals surface area contributed by atoms with Crippen LogP contribution in [0.15, 0.2) is 61.2 Å². The number of aryl methyl sites for hydroxylation is 2. The summed E-state index contributed by atoms with van der Waals surface area (Å²) < 4.78 is 1.99. The van der Waals surface area contributed by atoms with Gasteiger partial charge in [-0.2, -0.15) is 0 Å². The Morgan fingerprint density at radius 1 is 1.03 bits per heavy atom. The van der Waals surface area contributed by atoms with Crippen LogP contribution >= 0.6 is 0 Å². The van der Waals surface area contributed by atoms with Gasteiger partial charge in [0.05, 0.1) is 6.33 Å². The first-order chi connectivity index (χ1) is 14.5. The van der Waals surface area contributed by atoms with Crippen LogP contribution in [0, 0.1) is 19.8 Å². The van der Waals surface area contributed by atoms with Crippen molar-refractivity contribution in [2.24, 2.45) is 5.92 Å². The van der Waals surface area contributed by atoms with Gasteiger partial charge in [0.2, 0.25) is 0 Å². The molecule has 1 saturated heterocycles. The first-order valence-corrected chi connectivity index (χ1v) is 10.5. The van der Waals surface area contributed by atoms with Gasteiger partial charge in [-0.25, -0.2) is 4.98 Å². The lowest BCUT2D eigenvalue weighted by atomic mass is 9.87. The standard InChI is InChI=1S/C25H27N3O2/c1-18-3-8-23(19(2)15-18)24(29)21-9-12-28(13-10-21)25(30)22-6-4-20(5-7-22)16-27-14-11-26-17-27/h3-8,11,14-15,17,21H,9-10,12-13,16H2,1-2H3. The third kappa shape index (κ3) is 4.35. The number of amides is 1. The van der Waals surface area contributed by atoms with Gasteiger partial charge in [-0.3, -0.25) is 9.59 Å². The Bertz CT molecular complexity index is 1030. The summed E-state index contributed by atoms with van der Waals surface area (Å²) in [7, 11) is 0. The fourth-order valence-corrected chi connectivity index (χ4v) is 4.18. The Hall–Kier alpha value is -3.21. The number of Topliss-reactive ketones (excluding diaryl/α,β-unsaturated/α-hetero) is 1. The molecule has 5 heteroatoms. The average molecular weight is 402 g/mol. The zero-order valence-electron chi connectivity index (χ0n) is 17.5. The molecule has 0 bridgehead atoms. The molecule has 3 aromatic rings. The molecule has 0 unspecified atom stereocenters. The van der Waals surface area contributed by atoms with Crippen molar-refractivity contribution in [1.29, 1.82) is 0 Å². The molecule has 0 aliphatic carbocycles. The smallest absolute Gasteiger partial charge is 0.253 e. The molecule has 5 nitrogen and oxygen atoms in total. The molecule has 0 N–H and O–H groups in total. The molecule has 0 spiro atoms. The first-order valence-electron chi connectivity index (χ1n) is 10.5. The van der Waals surface area contributed by atoms with Gasteiger partial charge >= 0.3 is 0 Å². The summed E-state index contributed by atoms with van der Waals surface area (Å²) in [6.07, 6.45) is 6.89. The molecule has 154 valence electrons. The number of hydrogen-bond acceptors (Lipinski definition) is 3. The summed E-state index contributed by atoms with van der Waals surface area (Å²) in [6, 6.07) is 13.8. The highest BCUT2D eigenvalue weighted by Crippen LogP contribution is 2.25. The van der Waals surface area contributed by atoms with E-state index in [0.717, 1.165) is 36.1 Å². The second-order valence-corrected chi connectivity index (χ2v) is 8.18. The van der Waals surface area contributed by atoms with Crippen LogP contribution in [0.3, 0.4) is 0 Å². The SMILES string of the molecule is Cc1ccc(C(=O)C2CCN(C(=O)c3ccc(Cn4ccnc4)cc3)CC2)c(C)c1. The van der Waals surface area contributed by atoms with Gasteiger partial charge in [0, 0.05) is 49.1 Å². The summed E-state index contributed by atoms with van der Waals surface area (Å²) in [5, 5.41) is 0. The van der Waals surface area contributed by atoms with Gasteiger partial charge in [-0.05, 0) is 49.9 Å². The van der Waals surface area contributed by atoms with Crippen LogP contribution in [0.5, 0.6) is 0 Å². The first kappa shape index (κ1) is 20.1. The predicted molar refractivity (Wildman–Crippen MR) is 117 cm³/mol. The van der Waals surface area contributed by atoms with Crippen molar-refractivity contribution in [1.82, 2.24) is 14.5 Å². The van der Waals surface area contributed by atoms with Gasteiger partial charge in [-0.1, -0.05) is 35.9 Å². The van der Waals surface area contributed by atoms with Gasteiger partial charge in [0.1, 0.15) is 0 Å². The molecular weight excluding hydrogens is 374 g/mol. The second-order valence-electron chi connectivity index (χ2n) is 8.18. The lowest BCUT2D eigenvalue weighted by molar-refractivity contribution is 0.0650. The van der Waals surface area contributed by atoms with E-state index in [1.165, 1.54) is 5.56 Å². The highest BCUT2D eigenvalue weighted by atomic mass is 16.2. The lowest BCUT2D eigenvalue weighted by Crippen LogP contribution is -2.40. The highest BCUT2D eigenvalue weighted by molar-refractivity contribution is 5.99. The van der Waals surface area contributed by atoms with Gasteiger partial charge in [-0.15, -0.1) is 0 Å². The number of nitrogens with zero attached hydrogens (tertiary/aromatic N) is 3. The van der Waals surface area contributed by atoms with E-state index in [4.69, 9.17) is 0 Å². The van der Waals surface area contributed by atoms with Crippen LogP contribution in [-0.2, 0) is 6.54 Å². The molecule has 1 aliphatic heterocycles. The number of aromatic nitrogens is 2. The fourth-order valence-electron chi connectivity index (χ4n) is 4.18. The molecule has 0 atom stereocenters. The van der Waals surface area contributed by atoms with Crippen LogP contribution in [0.2, 0.25) is 0 Å². The van der Waals surface area contributed by atoms with Crippen molar-refractivity contribution in [3.05, 3.63) is 89.0 Å². The maximum atomic E-state index is 12.9. The molecule has 4 rings (SSSR count). The van der Waals surface area contributed by atoms with Crippen LogP contribution in [0.4, 0.5) is 0 Å². The molecule has 2 heterocycles. The maximum Gasteiger partial charge on any atom is 0.253 e. The van der Waals surface area contributed by atoms with Crippen molar-refractivity contribution in [3.8, 4) is 0 Å². The number of imidazole rings is 1. The van der Waals surface area contributed by atoms with Crippen LogP contribution in [0.25, 0.3) is 0 Å². The minimum atomic E-state index is -0.00647. The lowest BCUT2D eigenvalue weighted by Gasteiger charge is -2.31. The monoisotopic (exact) mass is 401 g/mol. The molecule has 1 aromatic heterocycles. The Labute approximate surface area is 177 Å². The number of carbonyl (C=O) groups is 2. The average Bonchev–Trinajstić information content (AvgIpc) is 3.26. The van der Waals surface area contributed by atoms with Crippen molar-refractivity contribution in [3.63, 3.8) is 0 Å². The van der Waals surface area contributed by atoms with E-state index >= 15 is 0 Å².